The van der Waals surface area contributed by atoms with E-state index in [0.29, 0.717) is 19.5 Å². The van der Waals surface area contributed by atoms with Crippen molar-refractivity contribution < 1.29 is 9.59 Å². The summed E-state index contributed by atoms with van der Waals surface area (Å²) in [5.41, 5.74) is 3.07. The van der Waals surface area contributed by atoms with Crippen molar-refractivity contribution in [2.75, 3.05) is 18.0 Å². The highest BCUT2D eigenvalue weighted by Crippen LogP contribution is 2.21. The maximum absolute atomic E-state index is 12.0. The molecule has 2 rings (SSSR count). The van der Waals surface area contributed by atoms with E-state index in [-0.39, 0.29) is 11.8 Å². The molecule has 0 bridgehead atoms. The predicted octanol–water partition coefficient (Wildman–Crippen LogP) is 3.08. The third-order valence-corrected chi connectivity index (χ3v) is 4.48. The molecule has 4 nitrogen and oxygen atoms in total. The summed E-state index contributed by atoms with van der Waals surface area (Å²) in [6.45, 7) is 6.45. The van der Waals surface area contributed by atoms with Gasteiger partial charge in [-0.2, -0.15) is 0 Å². The summed E-state index contributed by atoms with van der Waals surface area (Å²) in [5, 5.41) is 4.84. The Morgan fingerprint density at radius 2 is 2.00 bits per heavy atom. The zero-order chi connectivity index (χ0) is 16.8. The van der Waals surface area contributed by atoms with Gasteiger partial charge in [0.2, 0.25) is 11.8 Å². The van der Waals surface area contributed by atoms with E-state index in [1.54, 1.807) is 23.2 Å². The van der Waals surface area contributed by atoms with Gasteiger partial charge in [-0.1, -0.05) is 18.2 Å². The molecule has 1 aromatic carbocycles. The first-order chi connectivity index (χ1) is 11.0. The zero-order valence-corrected chi connectivity index (χ0v) is 14.6. The molecule has 1 heterocycles. The molecule has 0 unspecified atom stereocenters. The number of anilines is 1. The van der Waals surface area contributed by atoms with Crippen molar-refractivity contribution in [3.8, 4) is 0 Å². The maximum atomic E-state index is 12.0. The van der Waals surface area contributed by atoms with Crippen molar-refractivity contribution in [2.45, 2.75) is 27.2 Å². The third-order valence-electron chi connectivity index (χ3n) is 3.61. The molecule has 0 saturated heterocycles. The summed E-state index contributed by atoms with van der Waals surface area (Å²) < 4.78 is 0. The lowest BCUT2D eigenvalue weighted by Gasteiger charge is -2.23. The highest BCUT2D eigenvalue weighted by atomic mass is 32.1. The van der Waals surface area contributed by atoms with Crippen LogP contribution >= 0.6 is 11.3 Å². The number of carbonyl (C=O) groups is 2. The van der Waals surface area contributed by atoms with Crippen LogP contribution in [0.2, 0.25) is 0 Å². The van der Waals surface area contributed by atoms with Gasteiger partial charge in [0.05, 0.1) is 6.42 Å². The van der Waals surface area contributed by atoms with Gasteiger partial charge >= 0.3 is 0 Å². The first-order valence-corrected chi connectivity index (χ1v) is 8.50. The van der Waals surface area contributed by atoms with E-state index in [4.69, 9.17) is 0 Å². The molecule has 0 aliphatic rings. The molecule has 0 spiro atoms. The Balaban J connectivity index is 1.94. The van der Waals surface area contributed by atoms with Crippen molar-refractivity contribution in [1.82, 2.24) is 5.32 Å². The Bertz CT molecular complexity index is 680. The van der Waals surface area contributed by atoms with Crippen LogP contribution in [0.5, 0.6) is 0 Å². The summed E-state index contributed by atoms with van der Waals surface area (Å²) in [4.78, 5) is 26.6. The van der Waals surface area contributed by atoms with Gasteiger partial charge in [-0.3, -0.25) is 9.59 Å². The average Bonchev–Trinajstić information content (AvgIpc) is 2.99. The third kappa shape index (κ3) is 4.93. The molecule has 1 N–H and O–H groups in total. The minimum atomic E-state index is -0.0220. The van der Waals surface area contributed by atoms with Crippen LogP contribution in [0.25, 0.3) is 0 Å². The first kappa shape index (κ1) is 17.2. The number of hydrogen-bond donors (Lipinski definition) is 1. The minimum Gasteiger partial charge on any atom is -0.354 e. The second kappa shape index (κ2) is 7.92. The standard InChI is InChI=1S/C18H22N2O2S/c1-13-6-7-14(2)17(11-13)20(15(3)21)9-8-19-18(22)12-16-5-4-10-23-16/h4-7,10-11H,8-9,12H2,1-3H3,(H,19,22). The lowest BCUT2D eigenvalue weighted by molar-refractivity contribution is -0.120. The Morgan fingerprint density at radius 3 is 2.65 bits per heavy atom. The largest absolute Gasteiger partial charge is 0.354 e. The molecule has 2 amide bonds. The smallest absolute Gasteiger partial charge is 0.225 e. The Morgan fingerprint density at radius 1 is 1.22 bits per heavy atom. The van der Waals surface area contributed by atoms with E-state index in [1.807, 2.05) is 49.6 Å². The van der Waals surface area contributed by atoms with Crippen molar-refractivity contribution in [3.63, 3.8) is 0 Å². The fraction of sp³-hybridized carbons (Fsp3) is 0.333. The topological polar surface area (TPSA) is 49.4 Å². The molecule has 5 heteroatoms. The average molecular weight is 330 g/mol. The van der Waals surface area contributed by atoms with Crippen molar-refractivity contribution >= 4 is 28.8 Å². The van der Waals surface area contributed by atoms with E-state index in [2.05, 4.69) is 5.32 Å². The number of aryl methyl sites for hydroxylation is 2. The zero-order valence-electron chi connectivity index (χ0n) is 13.8. The van der Waals surface area contributed by atoms with Crippen LogP contribution in [0.1, 0.15) is 22.9 Å². The van der Waals surface area contributed by atoms with Gasteiger partial charge in [-0.25, -0.2) is 0 Å². The molecule has 2 aromatic rings. The van der Waals surface area contributed by atoms with Gasteiger partial charge < -0.3 is 10.2 Å². The number of carbonyl (C=O) groups excluding carboxylic acids is 2. The van der Waals surface area contributed by atoms with E-state index < -0.39 is 0 Å². The highest BCUT2D eigenvalue weighted by molar-refractivity contribution is 7.10. The summed E-state index contributed by atoms with van der Waals surface area (Å²) in [6, 6.07) is 9.92. The fourth-order valence-electron chi connectivity index (χ4n) is 2.40. The lowest BCUT2D eigenvalue weighted by Crippen LogP contribution is -2.38. The summed E-state index contributed by atoms with van der Waals surface area (Å²) >= 11 is 1.57. The molecule has 1 aromatic heterocycles. The minimum absolute atomic E-state index is 0.0167. The first-order valence-electron chi connectivity index (χ1n) is 7.62. The van der Waals surface area contributed by atoms with Crippen LogP contribution in [0.15, 0.2) is 35.7 Å². The molecule has 23 heavy (non-hydrogen) atoms. The van der Waals surface area contributed by atoms with Crippen LogP contribution in [-0.4, -0.2) is 24.9 Å². The van der Waals surface area contributed by atoms with Crippen LogP contribution < -0.4 is 10.2 Å². The predicted molar refractivity (Wildman–Crippen MR) is 95.0 cm³/mol. The number of benzene rings is 1. The van der Waals surface area contributed by atoms with Crippen LogP contribution in [-0.2, 0) is 16.0 Å². The highest BCUT2D eigenvalue weighted by Gasteiger charge is 2.14. The van der Waals surface area contributed by atoms with E-state index >= 15 is 0 Å². The lowest BCUT2D eigenvalue weighted by atomic mass is 10.1. The monoisotopic (exact) mass is 330 g/mol. The molecule has 122 valence electrons. The van der Waals surface area contributed by atoms with Crippen LogP contribution in [0.3, 0.4) is 0 Å². The Hall–Kier alpha value is -2.14. The maximum Gasteiger partial charge on any atom is 0.225 e. The van der Waals surface area contributed by atoms with E-state index in [9.17, 15) is 9.59 Å². The van der Waals surface area contributed by atoms with Crippen molar-refractivity contribution in [1.29, 1.82) is 0 Å². The van der Waals surface area contributed by atoms with Crippen molar-refractivity contribution in [2.24, 2.45) is 0 Å². The molecule has 0 saturated carbocycles. The molecule has 0 fully saturated rings. The van der Waals surface area contributed by atoms with E-state index in [1.165, 1.54) is 0 Å². The fourth-order valence-corrected chi connectivity index (χ4v) is 3.10. The number of hydrogen-bond acceptors (Lipinski definition) is 3. The SMILES string of the molecule is CC(=O)N(CCNC(=O)Cc1cccs1)c1cc(C)ccc1C. The van der Waals surface area contributed by atoms with Gasteiger partial charge in [0.25, 0.3) is 0 Å². The molecule has 0 aliphatic carbocycles. The molecular weight excluding hydrogens is 308 g/mol. The second-order valence-corrected chi connectivity index (χ2v) is 6.60. The number of nitrogens with one attached hydrogen (secondary N) is 1. The van der Waals surface area contributed by atoms with Gasteiger partial charge in [0.15, 0.2) is 0 Å². The normalized spacial score (nSPS) is 10.4. The van der Waals surface area contributed by atoms with Gasteiger partial charge in [0, 0.05) is 30.6 Å². The van der Waals surface area contributed by atoms with Crippen LogP contribution in [0.4, 0.5) is 5.69 Å². The Labute approximate surface area is 141 Å². The summed E-state index contributed by atoms with van der Waals surface area (Å²) in [6.07, 6.45) is 0.390. The molecular formula is C18H22N2O2S. The molecule has 0 aliphatic heterocycles. The second-order valence-electron chi connectivity index (χ2n) is 5.57. The summed E-state index contributed by atoms with van der Waals surface area (Å²) in [7, 11) is 0. The summed E-state index contributed by atoms with van der Waals surface area (Å²) in [5.74, 6) is -0.0388. The van der Waals surface area contributed by atoms with Crippen molar-refractivity contribution in [3.05, 3.63) is 51.7 Å². The van der Waals surface area contributed by atoms with Gasteiger partial charge in [0.1, 0.15) is 0 Å². The number of amides is 2. The van der Waals surface area contributed by atoms with Gasteiger partial charge in [-0.05, 0) is 42.5 Å². The Kier molecular flexibility index (Phi) is 5.93. The number of rotatable bonds is 6. The quantitative estimate of drug-likeness (QED) is 0.885. The van der Waals surface area contributed by atoms with E-state index in [0.717, 1.165) is 21.7 Å². The van der Waals surface area contributed by atoms with Crippen LogP contribution in [0, 0.1) is 13.8 Å². The van der Waals surface area contributed by atoms with Gasteiger partial charge in [-0.15, -0.1) is 11.3 Å². The molecule has 0 atom stereocenters. The molecule has 0 radical (unpaired) electrons. The number of nitrogens with zero attached hydrogens (tertiary/aromatic N) is 1. The number of thiophene rings is 1.